The predicted octanol–water partition coefficient (Wildman–Crippen LogP) is 10.5. The topological polar surface area (TPSA) is 0 Å². The van der Waals surface area contributed by atoms with Gasteiger partial charge in [-0.05, 0) is 111 Å². The Morgan fingerprint density at radius 1 is 0.758 bits per heavy atom. The summed E-state index contributed by atoms with van der Waals surface area (Å²) in [6.45, 7) is 11.0. The first-order valence-corrected chi connectivity index (χ1v) is 15.2. The highest BCUT2D eigenvalue weighted by molar-refractivity contribution is 5.14. The Morgan fingerprint density at radius 2 is 1.45 bits per heavy atom. The van der Waals surface area contributed by atoms with Crippen LogP contribution in [0.2, 0.25) is 0 Å². The maximum atomic E-state index is 2.73. The fraction of sp³-hybridized carbons (Fsp3) is 0.818. The third-order valence-electron chi connectivity index (χ3n) is 10.2. The van der Waals surface area contributed by atoms with Crippen molar-refractivity contribution in [2.75, 3.05) is 0 Å². The van der Waals surface area contributed by atoms with Crippen LogP contribution in [0, 0.1) is 40.9 Å². The van der Waals surface area contributed by atoms with E-state index >= 15 is 0 Å². The Labute approximate surface area is 207 Å². The van der Waals surface area contributed by atoms with Crippen LogP contribution in [-0.4, -0.2) is 0 Å². The summed E-state index contributed by atoms with van der Waals surface area (Å²) >= 11 is 0. The minimum Gasteiger partial charge on any atom is -0.0683 e. The first kappa shape index (κ1) is 26.8. The zero-order valence-corrected chi connectivity index (χ0v) is 23.0. The Morgan fingerprint density at radius 3 is 2.21 bits per heavy atom. The maximum Gasteiger partial charge on any atom is -0.0266 e. The van der Waals surface area contributed by atoms with Gasteiger partial charge in [-0.1, -0.05) is 97.1 Å². The summed E-state index contributed by atoms with van der Waals surface area (Å²) in [4.78, 5) is 0. The molecule has 4 aliphatic carbocycles. The molecule has 0 spiro atoms. The van der Waals surface area contributed by atoms with Crippen molar-refractivity contribution in [2.24, 2.45) is 40.9 Å². The molecule has 0 amide bonds. The van der Waals surface area contributed by atoms with Gasteiger partial charge in [-0.25, -0.2) is 0 Å². The molecule has 7 atom stereocenters. The molecule has 7 unspecified atom stereocenters. The van der Waals surface area contributed by atoms with E-state index in [2.05, 4.69) is 51.1 Å². The fourth-order valence-electron chi connectivity index (χ4n) is 8.81. The molecular formula is C33H56. The first-order chi connectivity index (χ1) is 16.2. The minimum atomic E-state index is 0.722. The highest BCUT2D eigenvalue weighted by Gasteiger charge is 2.55. The third kappa shape index (κ3) is 6.27. The SMILES string of the molecule is CC.CC12CCCCC1CCC1C3CCC(CCCCc4ccccc4)C3CCC12.CCC. The molecule has 0 N–H and O–H groups in total. The molecule has 5 rings (SSSR count). The average molecular weight is 453 g/mol. The van der Waals surface area contributed by atoms with Crippen molar-refractivity contribution in [3.63, 3.8) is 0 Å². The summed E-state index contributed by atoms with van der Waals surface area (Å²) in [5.41, 5.74) is 2.25. The van der Waals surface area contributed by atoms with Gasteiger partial charge in [-0.2, -0.15) is 0 Å². The zero-order chi connectivity index (χ0) is 23.7. The number of aryl methyl sites for hydroxylation is 1. The molecule has 1 aromatic carbocycles. The van der Waals surface area contributed by atoms with Crippen LogP contribution >= 0.6 is 0 Å². The van der Waals surface area contributed by atoms with Crippen LogP contribution in [0.1, 0.15) is 130 Å². The number of hydrogen-bond acceptors (Lipinski definition) is 0. The highest BCUT2D eigenvalue weighted by atomic mass is 14.6. The van der Waals surface area contributed by atoms with Crippen LogP contribution in [0.3, 0.4) is 0 Å². The van der Waals surface area contributed by atoms with E-state index in [4.69, 9.17) is 0 Å². The van der Waals surface area contributed by atoms with Gasteiger partial charge in [0.1, 0.15) is 0 Å². The summed E-state index contributed by atoms with van der Waals surface area (Å²) in [5, 5.41) is 0. The van der Waals surface area contributed by atoms with Gasteiger partial charge in [0, 0.05) is 0 Å². The van der Waals surface area contributed by atoms with Crippen LogP contribution < -0.4 is 0 Å². The summed E-state index contributed by atoms with van der Waals surface area (Å²) in [6, 6.07) is 11.1. The summed E-state index contributed by atoms with van der Waals surface area (Å²) in [5.74, 6) is 6.55. The standard InChI is InChI=1S/C28H42.C3H8.C2H6/c1-28-20-8-7-13-23(28)15-17-26-25-16-14-22(24(25)18-19-27(26)28)12-6-5-11-21-9-3-2-4-10-21;1-3-2;1-2/h2-4,9-10,22-27H,5-8,11-20H2,1H3;3H2,1-2H3;1-2H3. The molecule has 0 aliphatic heterocycles. The molecule has 0 nitrogen and oxygen atoms in total. The Kier molecular flexibility index (Phi) is 10.8. The number of rotatable bonds is 5. The normalized spacial score (nSPS) is 36.8. The van der Waals surface area contributed by atoms with Crippen LogP contribution in [0.15, 0.2) is 30.3 Å². The lowest BCUT2D eigenvalue weighted by Crippen LogP contribution is -2.50. The van der Waals surface area contributed by atoms with Gasteiger partial charge >= 0.3 is 0 Å². The summed E-state index contributed by atoms with van der Waals surface area (Å²) in [6.07, 6.45) is 22.5. The Hall–Kier alpha value is -0.780. The number of fused-ring (bicyclic) bond motifs is 5. The van der Waals surface area contributed by atoms with Crippen molar-refractivity contribution in [3.05, 3.63) is 35.9 Å². The lowest BCUT2D eigenvalue weighted by Gasteiger charge is -2.58. The molecule has 0 aromatic heterocycles. The fourth-order valence-corrected chi connectivity index (χ4v) is 8.81. The van der Waals surface area contributed by atoms with E-state index in [0.29, 0.717) is 0 Å². The van der Waals surface area contributed by atoms with Gasteiger partial charge in [-0.3, -0.25) is 0 Å². The Balaban J connectivity index is 0.000000569. The van der Waals surface area contributed by atoms with Crippen molar-refractivity contribution >= 4 is 0 Å². The van der Waals surface area contributed by atoms with Crippen LogP contribution in [-0.2, 0) is 6.42 Å². The first-order valence-electron chi connectivity index (χ1n) is 15.2. The molecule has 0 saturated heterocycles. The van der Waals surface area contributed by atoms with Crippen LogP contribution in [0.4, 0.5) is 0 Å². The van der Waals surface area contributed by atoms with Gasteiger partial charge < -0.3 is 0 Å². The number of hydrogen-bond donors (Lipinski definition) is 0. The molecule has 0 heteroatoms. The van der Waals surface area contributed by atoms with E-state index in [1.807, 2.05) is 13.8 Å². The molecule has 33 heavy (non-hydrogen) atoms. The second-order valence-electron chi connectivity index (χ2n) is 12.0. The van der Waals surface area contributed by atoms with E-state index in [0.717, 1.165) is 40.9 Å². The van der Waals surface area contributed by atoms with Crippen LogP contribution in [0.5, 0.6) is 0 Å². The monoisotopic (exact) mass is 452 g/mol. The molecular weight excluding hydrogens is 396 g/mol. The van der Waals surface area contributed by atoms with E-state index in [1.54, 1.807) is 51.4 Å². The molecule has 1 aromatic rings. The summed E-state index contributed by atoms with van der Waals surface area (Å²) < 4.78 is 0. The molecule has 0 heterocycles. The van der Waals surface area contributed by atoms with E-state index < -0.39 is 0 Å². The van der Waals surface area contributed by atoms with E-state index in [-0.39, 0.29) is 0 Å². The maximum absolute atomic E-state index is 2.73. The molecule has 188 valence electrons. The summed E-state index contributed by atoms with van der Waals surface area (Å²) in [7, 11) is 0. The van der Waals surface area contributed by atoms with Crippen LogP contribution in [0.25, 0.3) is 0 Å². The lowest BCUT2D eigenvalue weighted by molar-refractivity contribution is -0.0871. The van der Waals surface area contributed by atoms with Crippen molar-refractivity contribution in [2.45, 2.75) is 131 Å². The van der Waals surface area contributed by atoms with E-state index in [9.17, 15) is 0 Å². The van der Waals surface area contributed by atoms with E-state index in [1.165, 1.54) is 50.5 Å². The minimum absolute atomic E-state index is 0.722. The van der Waals surface area contributed by atoms with Crippen molar-refractivity contribution in [1.29, 1.82) is 0 Å². The zero-order valence-electron chi connectivity index (χ0n) is 23.0. The average Bonchev–Trinajstić information content (AvgIpc) is 3.27. The van der Waals surface area contributed by atoms with Crippen molar-refractivity contribution in [1.82, 2.24) is 0 Å². The molecule has 0 radical (unpaired) electrons. The quantitative estimate of drug-likeness (QED) is 0.390. The predicted molar refractivity (Wildman–Crippen MR) is 147 cm³/mol. The highest BCUT2D eigenvalue weighted by Crippen LogP contribution is 2.64. The van der Waals surface area contributed by atoms with Gasteiger partial charge in [0.2, 0.25) is 0 Å². The van der Waals surface area contributed by atoms with Gasteiger partial charge in [0.05, 0.1) is 0 Å². The second kappa shape index (κ2) is 13.3. The molecule has 0 bridgehead atoms. The number of unbranched alkanes of at least 4 members (excludes halogenated alkanes) is 1. The number of benzene rings is 1. The van der Waals surface area contributed by atoms with Gasteiger partial charge in [0.15, 0.2) is 0 Å². The Bertz CT molecular complexity index is 647. The molecule has 4 fully saturated rings. The lowest BCUT2D eigenvalue weighted by atomic mass is 9.47. The smallest absolute Gasteiger partial charge is 0.0266 e. The molecule has 4 saturated carbocycles. The van der Waals surface area contributed by atoms with Crippen molar-refractivity contribution in [3.8, 4) is 0 Å². The van der Waals surface area contributed by atoms with Gasteiger partial charge in [0.25, 0.3) is 0 Å². The second-order valence-corrected chi connectivity index (χ2v) is 12.0. The van der Waals surface area contributed by atoms with Crippen molar-refractivity contribution < 1.29 is 0 Å². The third-order valence-corrected chi connectivity index (χ3v) is 10.2. The largest absolute Gasteiger partial charge is 0.0683 e. The molecule has 4 aliphatic rings. The van der Waals surface area contributed by atoms with Gasteiger partial charge in [-0.15, -0.1) is 0 Å².